The van der Waals surface area contributed by atoms with Crippen molar-refractivity contribution in [2.45, 2.75) is 44.7 Å². The number of ether oxygens (including phenoxy) is 1. The summed E-state index contributed by atoms with van der Waals surface area (Å²) in [6, 6.07) is 17.5. The quantitative estimate of drug-likeness (QED) is 0.357. The molecule has 2 N–H and O–H groups in total. The summed E-state index contributed by atoms with van der Waals surface area (Å²) in [4.78, 5) is 31.3. The third-order valence-corrected chi connectivity index (χ3v) is 6.92. The first kappa shape index (κ1) is 24.6. The van der Waals surface area contributed by atoms with Crippen LogP contribution in [0.5, 0.6) is 5.75 Å². The number of anilines is 2. The van der Waals surface area contributed by atoms with Gasteiger partial charge in [0.2, 0.25) is 0 Å². The number of hydrogen-bond donors (Lipinski definition) is 2. The molecule has 0 atom stereocenters. The van der Waals surface area contributed by atoms with Crippen LogP contribution in [0.2, 0.25) is 0 Å². The summed E-state index contributed by atoms with van der Waals surface area (Å²) in [7, 11) is 4.08. The van der Waals surface area contributed by atoms with Gasteiger partial charge in [0.15, 0.2) is 17.9 Å². The monoisotopic (exact) mass is 500 g/mol. The molecule has 2 heterocycles. The first-order valence-electron chi connectivity index (χ1n) is 12.7. The Bertz CT molecular complexity index is 1490. The number of hydrogen-bond acceptors (Lipinski definition) is 7. The van der Waals surface area contributed by atoms with Gasteiger partial charge >= 0.3 is 5.63 Å². The van der Waals surface area contributed by atoms with E-state index in [4.69, 9.17) is 14.1 Å². The third kappa shape index (κ3) is 5.53. The number of nitrogens with one attached hydrogen (secondary N) is 2. The molecule has 1 amide bonds. The lowest BCUT2D eigenvalue weighted by Gasteiger charge is -2.30. The fourth-order valence-corrected chi connectivity index (χ4v) is 5.03. The first-order valence-corrected chi connectivity index (χ1v) is 12.7. The van der Waals surface area contributed by atoms with Gasteiger partial charge < -0.3 is 24.7 Å². The van der Waals surface area contributed by atoms with Crippen LogP contribution in [0.4, 0.5) is 11.5 Å². The highest BCUT2D eigenvalue weighted by Crippen LogP contribution is 2.30. The topological polar surface area (TPSA) is 96.7 Å². The summed E-state index contributed by atoms with van der Waals surface area (Å²) in [5.41, 5.74) is 2.84. The lowest BCUT2D eigenvalue weighted by Crippen LogP contribution is -2.42. The minimum absolute atomic E-state index is 0.101. The summed E-state index contributed by atoms with van der Waals surface area (Å²) < 4.78 is 11.1. The van der Waals surface area contributed by atoms with E-state index in [2.05, 4.69) is 27.7 Å². The maximum atomic E-state index is 12.6. The number of carbonyl (C=O) groups excluding carboxylic acids is 1. The number of benzene rings is 2. The Morgan fingerprint density at radius 1 is 1.03 bits per heavy atom. The maximum Gasteiger partial charge on any atom is 0.336 e. The van der Waals surface area contributed by atoms with E-state index in [1.54, 1.807) is 6.07 Å². The van der Waals surface area contributed by atoms with Gasteiger partial charge in [0.1, 0.15) is 5.82 Å². The van der Waals surface area contributed by atoms with Gasteiger partial charge in [0.25, 0.3) is 5.91 Å². The van der Waals surface area contributed by atoms with Gasteiger partial charge in [0.05, 0.1) is 5.52 Å². The van der Waals surface area contributed by atoms with E-state index in [1.807, 2.05) is 51.4 Å². The van der Waals surface area contributed by atoms with Crippen LogP contribution in [0.1, 0.15) is 31.2 Å². The normalized spacial score (nSPS) is 17.5. The summed E-state index contributed by atoms with van der Waals surface area (Å²) in [6.07, 6.45) is 3.62. The van der Waals surface area contributed by atoms with Gasteiger partial charge in [-0.25, -0.2) is 9.78 Å². The number of aryl methyl sites for hydroxylation is 1. The highest BCUT2D eigenvalue weighted by atomic mass is 16.5. The Kier molecular flexibility index (Phi) is 6.99. The van der Waals surface area contributed by atoms with E-state index in [9.17, 15) is 9.59 Å². The average molecular weight is 501 g/mol. The fourth-order valence-electron chi connectivity index (χ4n) is 5.03. The van der Waals surface area contributed by atoms with Crippen LogP contribution < -0.4 is 25.9 Å². The molecule has 0 unspecified atom stereocenters. The molecule has 192 valence electrons. The van der Waals surface area contributed by atoms with Crippen LogP contribution in [-0.2, 0) is 4.79 Å². The molecule has 0 bridgehead atoms. The number of amides is 1. The molecule has 8 nitrogen and oxygen atoms in total. The second-order valence-electron chi connectivity index (χ2n) is 9.87. The molecule has 5 rings (SSSR count). The SMILES string of the molecule is Cc1cc(=O)oc2c(OCC(=O)N[C@H]3CC[C@@H](Nc4cc(N(C)C)c5ccccc5n4)CC3)cccc12. The standard InChI is InChI=1S/C29H32N4O4/c1-18-15-28(35)37-29-21(18)8-6-10-25(29)36-17-27(34)31-20-13-11-19(12-14-20)30-26-16-24(33(2)3)22-7-4-5-9-23(22)32-26/h4-10,15-16,19-20H,11-14,17H2,1-3H3,(H,30,32)(H,31,34)/t19-,20+. The molecule has 0 radical (unpaired) electrons. The van der Waals surface area contributed by atoms with Crippen molar-refractivity contribution in [3.63, 3.8) is 0 Å². The van der Waals surface area contributed by atoms with Crippen molar-refractivity contribution in [2.75, 3.05) is 30.9 Å². The number of nitrogens with zero attached hydrogens (tertiary/aromatic N) is 2. The lowest BCUT2D eigenvalue weighted by atomic mass is 9.91. The Morgan fingerprint density at radius 2 is 1.76 bits per heavy atom. The van der Waals surface area contributed by atoms with Crippen LogP contribution in [-0.4, -0.2) is 43.7 Å². The van der Waals surface area contributed by atoms with Crippen molar-refractivity contribution in [3.8, 4) is 5.75 Å². The Labute approximate surface area is 215 Å². The van der Waals surface area contributed by atoms with Gasteiger partial charge in [-0.2, -0.15) is 0 Å². The van der Waals surface area contributed by atoms with Crippen molar-refractivity contribution in [2.24, 2.45) is 0 Å². The van der Waals surface area contributed by atoms with Gasteiger partial charge in [-0.1, -0.05) is 30.3 Å². The second-order valence-corrected chi connectivity index (χ2v) is 9.87. The number of fused-ring (bicyclic) bond motifs is 2. The van der Waals surface area contributed by atoms with E-state index in [0.29, 0.717) is 17.4 Å². The van der Waals surface area contributed by atoms with Gasteiger partial charge in [0, 0.05) is 54.8 Å². The van der Waals surface area contributed by atoms with Crippen molar-refractivity contribution in [1.29, 1.82) is 0 Å². The van der Waals surface area contributed by atoms with Crippen LogP contribution in [0.25, 0.3) is 21.9 Å². The number of pyridine rings is 1. The fraction of sp³-hybridized carbons (Fsp3) is 0.345. The Morgan fingerprint density at radius 3 is 2.54 bits per heavy atom. The number of para-hydroxylation sites is 2. The summed E-state index contributed by atoms with van der Waals surface area (Å²) in [6.45, 7) is 1.71. The molecule has 37 heavy (non-hydrogen) atoms. The van der Waals surface area contributed by atoms with Crippen LogP contribution in [0.15, 0.2) is 63.8 Å². The zero-order chi connectivity index (χ0) is 25.9. The average Bonchev–Trinajstić information content (AvgIpc) is 2.88. The van der Waals surface area contributed by atoms with E-state index >= 15 is 0 Å². The molecular weight excluding hydrogens is 468 g/mol. The molecule has 1 saturated carbocycles. The highest BCUT2D eigenvalue weighted by Gasteiger charge is 2.23. The van der Waals surface area contributed by atoms with Crippen LogP contribution in [0, 0.1) is 6.92 Å². The molecule has 0 aliphatic heterocycles. The number of carbonyl (C=O) groups is 1. The molecule has 4 aromatic rings. The predicted octanol–water partition coefficient (Wildman–Crippen LogP) is 4.63. The minimum Gasteiger partial charge on any atom is -0.480 e. The van der Waals surface area contributed by atoms with Crippen molar-refractivity contribution >= 4 is 39.3 Å². The van der Waals surface area contributed by atoms with E-state index in [-0.39, 0.29) is 18.6 Å². The van der Waals surface area contributed by atoms with Crippen molar-refractivity contribution in [1.82, 2.24) is 10.3 Å². The zero-order valence-corrected chi connectivity index (χ0v) is 21.4. The molecule has 0 saturated heterocycles. The maximum absolute atomic E-state index is 12.6. The van der Waals surface area contributed by atoms with Gasteiger partial charge in [-0.15, -0.1) is 0 Å². The largest absolute Gasteiger partial charge is 0.480 e. The predicted molar refractivity (Wildman–Crippen MR) is 147 cm³/mol. The minimum atomic E-state index is -0.437. The highest BCUT2D eigenvalue weighted by molar-refractivity contribution is 5.93. The molecule has 1 aliphatic rings. The molecule has 1 fully saturated rings. The zero-order valence-electron chi connectivity index (χ0n) is 21.4. The molecule has 0 spiro atoms. The smallest absolute Gasteiger partial charge is 0.336 e. The van der Waals surface area contributed by atoms with Gasteiger partial charge in [-0.05, 0) is 50.3 Å². The molecule has 1 aliphatic carbocycles. The molecule has 2 aromatic carbocycles. The van der Waals surface area contributed by atoms with E-state index in [0.717, 1.165) is 59.0 Å². The Balaban J connectivity index is 1.15. The molecule has 2 aromatic heterocycles. The summed E-state index contributed by atoms with van der Waals surface area (Å²) in [5, 5.41) is 8.62. The first-order chi connectivity index (χ1) is 17.9. The van der Waals surface area contributed by atoms with Crippen molar-refractivity contribution < 1.29 is 13.9 Å². The Hall–Kier alpha value is -4.07. The van der Waals surface area contributed by atoms with E-state index < -0.39 is 5.63 Å². The molecular formula is C29H32N4O4. The van der Waals surface area contributed by atoms with Crippen molar-refractivity contribution in [3.05, 3.63) is 70.6 Å². The van der Waals surface area contributed by atoms with E-state index in [1.165, 1.54) is 6.07 Å². The third-order valence-electron chi connectivity index (χ3n) is 6.92. The number of aromatic nitrogens is 1. The lowest BCUT2D eigenvalue weighted by molar-refractivity contribution is -0.124. The summed E-state index contributed by atoms with van der Waals surface area (Å²) in [5.74, 6) is 1.08. The van der Waals surface area contributed by atoms with Crippen LogP contribution in [0.3, 0.4) is 0 Å². The second kappa shape index (κ2) is 10.5. The number of rotatable bonds is 7. The summed E-state index contributed by atoms with van der Waals surface area (Å²) >= 11 is 0. The van der Waals surface area contributed by atoms with Crippen LogP contribution >= 0.6 is 0 Å². The molecule has 8 heteroatoms. The van der Waals surface area contributed by atoms with Gasteiger partial charge in [-0.3, -0.25) is 4.79 Å².